The number of pyridine rings is 1. The van der Waals surface area contributed by atoms with Crippen LogP contribution < -0.4 is 10.9 Å². The zero-order chi connectivity index (χ0) is 28.2. The van der Waals surface area contributed by atoms with Gasteiger partial charge in [0.25, 0.3) is 5.56 Å². The van der Waals surface area contributed by atoms with Crippen molar-refractivity contribution >= 4 is 39.2 Å². The van der Waals surface area contributed by atoms with Gasteiger partial charge in [0.15, 0.2) is 5.82 Å². The molecule has 3 aromatic rings. The third-order valence-electron chi connectivity index (χ3n) is 7.38. The van der Waals surface area contributed by atoms with Crippen molar-refractivity contribution in [3.63, 3.8) is 0 Å². The molecule has 5 N–H and O–H groups in total. The summed E-state index contributed by atoms with van der Waals surface area (Å²) in [5.41, 5.74) is -0.146. The number of carboxylic acid groups (broad SMARTS) is 1. The third-order valence-corrected chi connectivity index (χ3v) is 9.36. The fourth-order valence-electron chi connectivity index (χ4n) is 5.63. The molecule has 39 heavy (non-hydrogen) atoms. The average molecular weight is 557 g/mol. The Morgan fingerprint density at radius 1 is 1.36 bits per heavy atom. The quantitative estimate of drug-likeness (QED) is 0.295. The summed E-state index contributed by atoms with van der Waals surface area (Å²) in [6.07, 6.45) is 3.14. The van der Waals surface area contributed by atoms with Crippen LogP contribution in [0.5, 0.6) is 0 Å². The lowest BCUT2D eigenvalue weighted by molar-refractivity contribution is -0.145. The van der Waals surface area contributed by atoms with Gasteiger partial charge in [0.2, 0.25) is 0 Å². The monoisotopic (exact) mass is 556 g/mol. The van der Waals surface area contributed by atoms with Crippen molar-refractivity contribution in [3.8, 4) is 6.07 Å². The molecule has 1 saturated heterocycles. The molecule has 13 heteroatoms. The maximum Gasteiger partial charge on any atom is 0.323 e. The SMILES string of the molecule is CC(C)(C)C(C(=O)O)N1Cc2cc(Nc3nn(C4(CC#N)CCCOC4)c4cc[nH]c(=O)c34)ccc2S1(O)O. The van der Waals surface area contributed by atoms with Gasteiger partial charge in [-0.3, -0.25) is 23.4 Å². The number of H-pyrrole nitrogens is 1. The molecule has 2 aliphatic heterocycles. The largest absolute Gasteiger partial charge is 0.480 e. The predicted molar refractivity (Wildman–Crippen MR) is 146 cm³/mol. The van der Waals surface area contributed by atoms with Crippen LogP contribution in [0.15, 0.2) is 40.2 Å². The van der Waals surface area contributed by atoms with Crippen molar-refractivity contribution < 1.29 is 23.7 Å². The Morgan fingerprint density at radius 3 is 2.77 bits per heavy atom. The number of fused-ring (bicyclic) bond motifs is 2. The van der Waals surface area contributed by atoms with Crippen molar-refractivity contribution in [2.24, 2.45) is 5.41 Å². The van der Waals surface area contributed by atoms with E-state index >= 15 is 0 Å². The topological polar surface area (TPSA) is 177 Å². The number of carbonyl (C=O) groups is 1. The van der Waals surface area contributed by atoms with Crippen molar-refractivity contribution in [2.45, 2.75) is 63.1 Å². The number of ether oxygens (including phenoxy) is 1. The molecule has 1 aromatic carbocycles. The predicted octanol–water partition coefficient (Wildman–Crippen LogP) is 4.23. The van der Waals surface area contributed by atoms with Gasteiger partial charge >= 0.3 is 5.97 Å². The third kappa shape index (κ3) is 4.58. The minimum Gasteiger partial charge on any atom is -0.480 e. The fourth-order valence-corrected chi connectivity index (χ4v) is 7.62. The van der Waals surface area contributed by atoms with Crippen LogP contribution in [0.4, 0.5) is 11.5 Å². The van der Waals surface area contributed by atoms with E-state index in [-0.39, 0.29) is 29.2 Å². The maximum absolute atomic E-state index is 12.9. The number of rotatable bonds is 6. The Balaban J connectivity index is 1.54. The highest BCUT2D eigenvalue weighted by Gasteiger charge is 2.47. The molecule has 0 aliphatic carbocycles. The normalized spacial score (nSPS) is 22.7. The Hall–Kier alpha value is -3.41. The first-order valence-electron chi connectivity index (χ1n) is 12.6. The molecule has 0 saturated carbocycles. The summed E-state index contributed by atoms with van der Waals surface area (Å²) in [7, 11) is -3.52. The standard InChI is InChI=1S/C26H32N6O6S/c1-25(2,3)21(24(34)35)31-14-16-13-17(5-6-19(16)39(31,36)37)29-22-20-18(7-11-28-23(20)33)32(30-22)26(9-10-27)8-4-12-38-15-26/h5-7,11,13,21,36-37H,4,8-9,12,14-15H2,1-3H3,(H,28,33)(H,29,30)(H,34,35). The first-order valence-corrected chi connectivity index (χ1v) is 14.1. The van der Waals surface area contributed by atoms with Gasteiger partial charge in [-0.15, -0.1) is 10.8 Å². The zero-order valence-corrected chi connectivity index (χ0v) is 22.8. The Bertz CT molecular complexity index is 1530. The van der Waals surface area contributed by atoms with E-state index < -0.39 is 33.7 Å². The van der Waals surface area contributed by atoms with Gasteiger partial charge < -0.3 is 20.1 Å². The molecule has 2 unspecified atom stereocenters. The number of nitriles is 1. The first kappa shape index (κ1) is 27.2. The highest BCUT2D eigenvalue weighted by molar-refractivity contribution is 8.22. The van der Waals surface area contributed by atoms with Crippen molar-refractivity contribution in [2.75, 3.05) is 18.5 Å². The van der Waals surface area contributed by atoms with Gasteiger partial charge in [-0.05, 0) is 48.1 Å². The lowest BCUT2D eigenvalue weighted by atomic mass is 9.86. The second-order valence-corrected chi connectivity index (χ2v) is 13.1. The van der Waals surface area contributed by atoms with Crippen LogP contribution in [0.3, 0.4) is 0 Å². The molecule has 4 heterocycles. The first-order chi connectivity index (χ1) is 18.4. The number of hydrogen-bond acceptors (Lipinski definition) is 9. The maximum atomic E-state index is 12.9. The van der Waals surface area contributed by atoms with Gasteiger partial charge in [-0.25, -0.2) is 0 Å². The Kier molecular flexibility index (Phi) is 6.72. The number of benzene rings is 1. The van der Waals surface area contributed by atoms with Crippen LogP contribution in [0.25, 0.3) is 10.9 Å². The molecule has 0 radical (unpaired) electrons. The van der Waals surface area contributed by atoms with Crippen LogP contribution in [-0.4, -0.2) is 58.5 Å². The van der Waals surface area contributed by atoms with Crippen LogP contribution in [0.1, 0.15) is 45.6 Å². The summed E-state index contributed by atoms with van der Waals surface area (Å²) in [6.45, 7) is 6.15. The number of hydrogen-bond donors (Lipinski definition) is 5. The molecule has 0 bridgehead atoms. The summed E-state index contributed by atoms with van der Waals surface area (Å²) in [5.74, 6) is -0.850. The van der Waals surface area contributed by atoms with E-state index in [1.165, 1.54) is 4.31 Å². The van der Waals surface area contributed by atoms with Crippen molar-refractivity contribution in [1.82, 2.24) is 19.1 Å². The molecule has 2 aromatic heterocycles. The number of anilines is 2. The number of aromatic amines is 1. The van der Waals surface area contributed by atoms with Crippen molar-refractivity contribution in [1.29, 1.82) is 5.26 Å². The number of carboxylic acids is 1. The average Bonchev–Trinajstić information content (AvgIpc) is 3.35. The van der Waals surface area contributed by atoms with E-state index in [1.807, 2.05) is 0 Å². The molecular weight excluding hydrogens is 524 g/mol. The van der Waals surface area contributed by atoms with Gasteiger partial charge in [0.05, 0.1) is 35.0 Å². The number of nitrogens with one attached hydrogen (secondary N) is 2. The summed E-state index contributed by atoms with van der Waals surface area (Å²) in [4.78, 5) is 28.0. The summed E-state index contributed by atoms with van der Waals surface area (Å²) >= 11 is 0. The number of nitrogens with zero attached hydrogens (tertiary/aromatic N) is 4. The van der Waals surface area contributed by atoms with Crippen LogP contribution in [-0.2, 0) is 21.6 Å². The second kappa shape index (κ2) is 9.65. The minimum absolute atomic E-state index is 0.0276. The van der Waals surface area contributed by atoms with Gasteiger partial charge in [-0.2, -0.15) is 14.7 Å². The minimum atomic E-state index is -3.52. The Morgan fingerprint density at radius 2 is 2.13 bits per heavy atom. The van der Waals surface area contributed by atoms with Gasteiger partial charge in [-0.1, -0.05) is 20.8 Å². The van der Waals surface area contributed by atoms with Crippen molar-refractivity contribution in [3.05, 3.63) is 46.4 Å². The molecule has 1 fully saturated rings. The van der Waals surface area contributed by atoms with E-state index in [1.54, 1.807) is 55.9 Å². The van der Waals surface area contributed by atoms with Crippen LogP contribution in [0.2, 0.25) is 0 Å². The summed E-state index contributed by atoms with van der Waals surface area (Å²) in [6, 6.07) is 7.77. The van der Waals surface area contributed by atoms with Gasteiger partial charge in [0, 0.05) is 25.0 Å². The molecule has 0 spiro atoms. The lowest BCUT2D eigenvalue weighted by Crippen LogP contribution is -2.48. The molecule has 208 valence electrons. The van der Waals surface area contributed by atoms with E-state index in [9.17, 15) is 29.1 Å². The molecule has 12 nitrogen and oxygen atoms in total. The smallest absolute Gasteiger partial charge is 0.323 e. The molecule has 5 rings (SSSR count). The van der Waals surface area contributed by atoms with E-state index in [0.717, 1.165) is 6.42 Å². The number of aromatic nitrogens is 3. The van der Waals surface area contributed by atoms with Crippen LogP contribution in [0, 0.1) is 16.7 Å². The summed E-state index contributed by atoms with van der Waals surface area (Å²) < 4.78 is 30.8. The zero-order valence-electron chi connectivity index (χ0n) is 22.0. The van der Waals surface area contributed by atoms with E-state index in [2.05, 4.69) is 16.4 Å². The highest BCUT2D eigenvalue weighted by atomic mass is 32.3. The molecular formula is C26H32N6O6S. The second-order valence-electron chi connectivity index (χ2n) is 11.2. The van der Waals surface area contributed by atoms with Crippen LogP contribution >= 0.6 is 10.8 Å². The fraction of sp³-hybridized carbons (Fsp3) is 0.462. The van der Waals surface area contributed by atoms with E-state index in [4.69, 9.17) is 9.84 Å². The Labute approximate surface area is 226 Å². The molecule has 2 aliphatic rings. The lowest BCUT2D eigenvalue weighted by Gasteiger charge is -2.44. The van der Waals surface area contributed by atoms with Gasteiger partial charge in [0.1, 0.15) is 11.4 Å². The highest BCUT2D eigenvalue weighted by Crippen LogP contribution is 2.61. The molecule has 2 atom stereocenters. The number of aliphatic carboxylic acids is 1. The van der Waals surface area contributed by atoms with E-state index in [0.29, 0.717) is 41.8 Å². The summed E-state index contributed by atoms with van der Waals surface area (Å²) in [5, 5.41) is 27.7. The molecule has 0 amide bonds.